The highest BCUT2D eigenvalue weighted by atomic mass is 79.9. The summed E-state index contributed by atoms with van der Waals surface area (Å²) in [6.07, 6.45) is 7.75. The lowest BCUT2D eigenvalue weighted by Crippen LogP contribution is -2.17. The lowest BCUT2D eigenvalue weighted by molar-refractivity contribution is 0.528. The highest BCUT2D eigenvalue weighted by Gasteiger charge is 2.20. The van der Waals surface area contributed by atoms with E-state index in [1.165, 1.54) is 30.4 Å². The number of likely N-dealkylation sites (N-methyl/N-ethyl adjacent to an activating group) is 1. The van der Waals surface area contributed by atoms with Crippen LogP contribution in [0.5, 0.6) is 0 Å². The van der Waals surface area contributed by atoms with E-state index >= 15 is 0 Å². The summed E-state index contributed by atoms with van der Waals surface area (Å²) in [5.74, 6) is 0. The average Bonchev–Trinajstić information content (AvgIpc) is 2.80. The van der Waals surface area contributed by atoms with E-state index in [1.54, 1.807) is 6.26 Å². The zero-order chi connectivity index (χ0) is 9.97. The second-order valence-electron chi connectivity index (χ2n) is 3.54. The summed E-state index contributed by atoms with van der Waals surface area (Å²) in [5.41, 5.74) is 2.68. The minimum absolute atomic E-state index is 0.311. The molecule has 0 spiro atoms. The van der Waals surface area contributed by atoms with Gasteiger partial charge in [-0.3, -0.25) is 0 Å². The third-order valence-electron chi connectivity index (χ3n) is 2.69. The van der Waals surface area contributed by atoms with Crippen molar-refractivity contribution < 1.29 is 4.42 Å². The van der Waals surface area contributed by atoms with Gasteiger partial charge in [0.05, 0.1) is 12.3 Å². The van der Waals surface area contributed by atoms with Crippen LogP contribution in [0.2, 0.25) is 0 Å². The number of furan rings is 1. The van der Waals surface area contributed by atoms with Crippen molar-refractivity contribution in [3.8, 4) is 0 Å². The second kappa shape index (κ2) is 4.32. The van der Waals surface area contributed by atoms with Gasteiger partial charge in [0.1, 0.15) is 0 Å². The van der Waals surface area contributed by atoms with Gasteiger partial charge in [-0.25, -0.2) is 0 Å². The molecular formula is C11H14BrNO. The Kier molecular flexibility index (Phi) is 3.08. The van der Waals surface area contributed by atoms with Crippen LogP contribution in [-0.4, -0.2) is 7.05 Å². The van der Waals surface area contributed by atoms with Crippen molar-refractivity contribution in [2.24, 2.45) is 0 Å². The van der Waals surface area contributed by atoms with Gasteiger partial charge in [-0.05, 0) is 48.3 Å². The summed E-state index contributed by atoms with van der Waals surface area (Å²) in [4.78, 5) is 0. The molecule has 0 saturated carbocycles. The van der Waals surface area contributed by atoms with Gasteiger partial charge in [-0.1, -0.05) is 11.6 Å². The predicted molar refractivity (Wildman–Crippen MR) is 60.1 cm³/mol. The first-order valence-electron chi connectivity index (χ1n) is 4.92. The number of allylic oxidation sites excluding steroid dienone is 1. The van der Waals surface area contributed by atoms with Crippen molar-refractivity contribution in [1.29, 1.82) is 0 Å². The Morgan fingerprint density at radius 1 is 1.57 bits per heavy atom. The Morgan fingerprint density at radius 3 is 2.93 bits per heavy atom. The second-order valence-corrected chi connectivity index (χ2v) is 4.26. The Hall–Kier alpha value is -0.540. The normalized spacial score (nSPS) is 18.3. The van der Waals surface area contributed by atoms with Crippen molar-refractivity contribution in [3.05, 3.63) is 34.2 Å². The van der Waals surface area contributed by atoms with Crippen molar-refractivity contribution in [2.45, 2.75) is 25.3 Å². The summed E-state index contributed by atoms with van der Waals surface area (Å²) in [7, 11) is 1.99. The Bertz CT molecular complexity index is 343. The number of hydrogen-bond donors (Lipinski definition) is 1. The van der Waals surface area contributed by atoms with Gasteiger partial charge < -0.3 is 9.73 Å². The van der Waals surface area contributed by atoms with E-state index in [2.05, 4.69) is 27.3 Å². The van der Waals surface area contributed by atoms with Crippen LogP contribution < -0.4 is 5.32 Å². The van der Waals surface area contributed by atoms with Crippen LogP contribution in [0.25, 0.3) is 0 Å². The molecule has 1 heterocycles. The van der Waals surface area contributed by atoms with E-state index in [4.69, 9.17) is 4.42 Å². The fourth-order valence-electron chi connectivity index (χ4n) is 2.01. The summed E-state index contributed by atoms with van der Waals surface area (Å²) in [5, 5.41) is 3.33. The van der Waals surface area contributed by atoms with E-state index in [1.807, 2.05) is 13.1 Å². The number of halogens is 1. The molecule has 0 radical (unpaired) electrons. The van der Waals surface area contributed by atoms with Crippen LogP contribution in [-0.2, 0) is 0 Å². The molecule has 0 fully saturated rings. The number of hydrogen-bond acceptors (Lipinski definition) is 2. The fourth-order valence-corrected chi connectivity index (χ4v) is 2.48. The van der Waals surface area contributed by atoms with Gasteiger partial charge >= 0.3 is 0 Å². The Labute approximate surface area is 92.5 Å². The summed E-state index contributed by atoms with van der Waals surface area (Å²) in [6, 6.07) is 2.33. The van der Waals surface area contributed by atoms with Gasteiger partial charge in [0, 0.05) is 5.56 Å². The molecule has 0 amide bonds. The maximum Gasteiger partial charge on any atom is 0.174 e. The van der Waals surface area contributed by atoms with Crippen LogP contribution in [0.1, 0.15) is 30.9 Å². The van der Waals surface area contributed by atoms with Crippen molar-refractivity contribution in [3.63, 3.8) is 0 Å². The first-order valence-corrected chi connectivity index (χ1v) is 5.71. The zero-order valence-corrected chi connectivity index (χ0v) is 9.80. The van der Waals surface area contributed by atoms with Crippen LogP contribution in [0.15, 0.2) is 33.1 Å². The standard InChI is InChI=1S/C11H14BrNO/c1-13-10(8-4-2-3-5-8)9-6-7-14-11(9)12/h4,6-7,10,13H,2-3,5H2,1H3. The molecule has 1 aromatic rings. The summed E-state index contributed by atoms with van der Waals surface area (Å²) >= 11 is 3.42. The van der Waals surface area contributed by atoms with E-state index in [0.29, 0.717) is 6.04 Å². The van der Waals surface area contributed by atoms with Crippen LogP contribution in [0.3, 0.4) is 0 Å². The number of rotatable bonds is 3. The van der Waals surface area contributed by atoms with Gasteiger partial charge in [0.15, 0.2) is 4.67 Å². The number of nitrogens with one attached hydrogen (secondary N) is 1. The SMILES string of the molecule is CNC(C1=CCCC1)c1ccoc1Br. The minimum atomic E-state index is 0.311. The van der Waals surface area contributed by atoms with Crippen molar-refractivity contribution >= 4 is 15.9 Å². The maximum atomic E-state index is 5.26. The highest BCUT2D eigenvalue weighted by Crippen LogP contribution is 2.34. The monoisotopic (exact) mass is 255 g/mol. The molecule has 3 heteroatoms. The highest BCUT2D eigenvalue weighted by molar-refractivity contribution is 9.10. The van der Waals surface area contributed by atoms with Gasteiger partial charge in [0.25, 0.3) is 0 Å². The minimum Gasteiger partial charge on any atom is -0.457 e. The molecule has 2 nitrogen and oxygen atoms in total. The molecule has 76 valence electrons. The molecule has 1 aromatic heterocycles. The first-order chi connectivity index (χ1) is 6.83. The fraction of sp³-hybridized carbons (Fsp3) is 0.455. The Morgan fingerprint density at radius 2 is 2.43 bits per heavy atom. The van der Waals surface area contributed by atoms with E-state index in [0.717, 1.165) is 4.67 Å². The molecular weight excluding hydrogens is 242 g/mol. The quantitative estimate of drug-likeness (QED) is 0.838. The van der Waals surface area contributed by atoms with Crippen LogP contribution in [0.4, 0.5) is 0 Å². The van der Waals surface area contributed by atoms with E-state index < -0.39 is 0 Å². The van der Waals surface area contributed by atoms with Gasteiger partial charge in [0.2, 0.25) is 0 Å². The van der Waals surface area contributed by atoms with E-state index in [9.17, 15) is 0 Å². The predicted octanol–water partition coefficient (Wildman–Crippen LogP) is 3.41. The molecule has 0 aliphatic heterocycles. The third-order valence-corrected chi connectivity index (χ3v) is 3.34. The lowest BCUT2D eigenvalue weighted by Gasteiger charge is -2.16. The van der Waals surface area contributed by atoms with Crippen molar-refractivity contribution in [2.75, 3.05) is 7.05 Å². The largest absolute Gasteiger partial charge is 0.457 e. The van der Waals surface area contributed by atoms with Crippen molar-refractivity contribution in [1.82, 2.24) is 5.32 Å². The lowest BCUT2D eigenvalue weighted by atomic mass is 10.0. The molecule has 0 saturated heterocycles. The van der Waals surface area contributed by atoms with Gasteiger partial charge in [-0.15, -0.1) is 0 Å². The topological polar surface area (TPSA) is 25.2 Å². The smallest absolute Gasteiger partial charge is 0.174 e. The molecule has 2 rings (SSSR count). The van der Waals surface area contributed by atoms with Crippen LogP contribution >= 0.6 is 15.9 Å². The Balaban J connectivity index is 2.25. The summed E-state index contributed by atoms with van der Waals surface area (Å²) < 4.78 is 6.09. The molecule has 0 aromatic carbocycles. The first kappa shape index (κ1) is 9.99. The molecule has 1 aliphatic rings. The van der Waals surface area contributed by atoms with Crippen LogP contribution in [0, 0.1) is 0 Å². The van der Waals surface area contributed by atoms with E-state index in [-0.39, 0.29) is 0 Å². The molecule has 1 N–H and O–H groups in total. The molecule has 0 bridgehead atoms. The molecule has 1 aliphatic carbocycles. The third kappa shape index (κ3) is 1.79. The van der Waals surface area contributed by atoms with Gasteiger partial charge in [-0.2, -0.15) is 0 Å². The maximum absolute atomic E-state index is 5.26. The molecule has 14 heavy (non-hydrogen) atoms. The molecule has 1 unspecified atom stereocenters. The zero-order valence-electron chi connectivity index (χ0n) is 8.22. The summed E-state index contributed by atoms with van der Waals surface area (Å²) in [6.45, 7) is 0. The molecule has 1 atom stereocenters. The average molecular weight is 256 g/mol.